The molecule has 0 unspecified atom stereocenters. The van der Waals surface area contributed by atoms with Gasteiger partial charge in [0.15, 0.2) is 0 Å². The van der Waals surface area contributed by atoms with Gasteiger partial charge in [0.25, 0.3) is 5.91 Å². The molecule has 0 atom stereocenters. The van der Waals surface area contributed by atoms with Gasteiger partial charge in [-0.2, -0.15) is 0 Å². The summed E-state index contributed by atoms with van der Waals surface area (Å²) in [6, 6.07) is 13.4. The van der Waals surface area contributed by atoms with Crippen LogP contribution in [0.1, 0.15) is 63.2 Å². The highest BCUT2D eigenvalue weighted by molar-refractivity contribution is 7.89. The maximum atomic E-state index is 12.9. The number of sulfonamides is 1. The Morgan fingerprint density at radius 1 is 0.914 bits per heavy atom. The van der Waals surface area contributed by atoms with Crippen molar-refractivity contribution in [1.82, 2.24) is 4.72 Å². The monoisotopic (exact) mass is 504 g/mol. The molecule has 194 valence electrons. The van der Waals surface area contributed by atoms with Crippen LogP contribution in [-0.2, 0) is 10.0 Å². The molecule has 7 nitrogen and oxygen atoms in total. The van der Waals surface area contributed by atoms with E-state index in [1.54, 1.807) is 30.3 Å². The molecule has 0 fully saturated rings. The molecule has 0 saturated heterocycles. The number of nitrogens with zero attached hydrogens (tertiary/aromatic N) is 1. The lowest BCUT2D eigenvalue weighted by molar-refractivity contribution is -0.904. The number of likely N-dealkylation sites (N-methyl/N-ethyl adjacent to an activating group) is 1. The minimum atomic E-state index is -3.61. The van der Waals surface area contributed by atoms with Crippen molar-refractivity contribution in [2.24, 2.45) is 0 Å². The first-order valence-electron chi connectivity index (χ1n) is 12.7. The van der Waals surface area contributed by atoms with E-state index in [0.29, 0.717) is 30.2 Å². The van der Waals surface area contributed by atoms with E-state index in [1.165, 1.54) is 31.4 Å². The van der Waals surface area contributed by atoms with Crippen molar-refractivity contribution in [2.45, 2.75) is 57.8 Å². The highest BCUT2D eigenvalue weighted by Gasteiger charge is 2.19. The molecule has 2 N–H and O–H groups in total. The fourth-order valence-corrected chi connectivity index (χ4v) is 4.68. The maximum Gasteiger partial charge on any atom is 0.259 e. The summed E-state index contributed by atoms with van der Waals surface area (Å²) in [5.41, 5.74) is 0.969. The molecule has 0 aliphatic carbocycles. The number of carbonyl (C=O) groups excluding carboxylic acids is 1. The molecule has 8 heteroatoms. The third kappa shape index (κ3) is 9.28. The number of unbranched alkanes of at least 4 members (excludes halogenated alkanes) is 4. The molecule has 0 saturated carbocycles. The van der Waals surface area contributed by atoms with Gasteiger partial charge in [0.1, 0.15) is 5.75 Å². The molecule has 1 amide bonds. The first-order chi connectivity index (χ1) is 16.7. The molecule has 35 heavy (non-hydrogen) atoms. The van der Waals surface area contributed by atoms with Gasteiger partial charge >= 0.3 is 0 Å². The normalized spacial score (nSPS) is 11.9. The Hall–Kier alpha value is -2.42. The van der Waals surface area contributed by atoms with Crippen LogP contribution in [-0.4, -0.2) is 58.6 Å². The van der Waals surface area contributed by atoms with Crippen molar-refractivity contribution in [3.05, 3.63) is 54.1 Å². The lowest BCUT2D eigenvalue weighted by Gasteiger charge is -2.32. The van der Waals surface area contributed by atoms with Gasteiger partial charge in [-0.05, 0) is 56.7 Å². The summed E-state index contributed by atoms with van der Waals surface area (Å²) in [6.45, 7) is 9.94. The first kappa shape index (κ1) is 28.8. The van der Waals surface area contributed by atoms with Crippen molar-refractivity contribution >= 4 is 21.6 Å². The van der Waals surface area contributed by atoms with Crippen LogP contribution in [0, 0.1) is 0 Å². The van der Waals surface area contributed by atoms with Crippen LogP contribution in [0.2, 0.25) is 0 Å². The average molecular weight is 505 g/mol. The summed E-state index contributed by atoms with van der Waals surface area (Å²) in [7, 11) is -1.50. The summed E-state index contributed by atoms with van der Waals surface area (Å²) < 4.78 is 34.7. The number of ether oxygens (including phenoxy) is 1. The number of hydrogen-bond acceptors (Lipinski definition) is 4. The van der Waals surface area contributed by atoms with Gasteiger partial charge in [-0.15, -0.1) is 0 Å². The van der Waals surface area contributed by atoms with Crippen molar-refractivity contribution in [3.63, 3.8) is 0 Å². The molecule has 0 aromatic heterocycles. The number of nitrogens with one attached hydrogen (secondary N) is 2. The molecular formula is C27H42N3O4S+. The number of carbonyl (C=O) groups is 1. The minimum absolute atomic E-state index is 0.171. The summed E-state index contributed by atoms with van der Waals surface area (Å²) in [5, 5.41) is 2.84. The number of anilines is 1. The number of benzene rings is 2. The molecule has 0 heterocycles. The number of hydrogen-bond donors (Lipinski definition) is 2. The molecule has 2 aromatic rings. The van der Waals surface area contributed by atoms with E-state index in [2.05, 4.69) is 37.9 Å². The largest absolute Gasteiger partial charge is 0.493 e. The van der Waals surface area contributed by atoms with Gasteiger partial charge in [0.05, 0.1) is 50.3 Å². The Morgan fingerprint density at radius 2 is 1.57 bits per heavy atom. The maximum absolute atomic E-state index is 12.9. The summed E-state index contributed by atoms with van der Waals surface area (Å²) in [6.07, 6.45) is 5.69. The minimum Gasteiger partial charge on any atom is -0.493 e. The lowest BCUT2D eigenvalue weighted by atomic mass is 10.1. The molecule has 0 aliphatic heterocycles. The predicted octanol–water partition coefficient (Wildman–Crippen LogP) is 5.05. The van der Waals surface area contributed by atoms with Crippen LogP contribution < -0.4 is 14.8 Å². The molecule has 0 spiro atoms. The van der Waals surface area contributed by atoms with E-state index in [0.717, 1.165) is 37.0 Å². The standard InChI is InChI=1S/C27H41N3O4S/c1-5-8-9-10-13-22-34-26-15-12-11-14-25(26)27(31)29-23-16-18-24(19-17-23)35(32,33)28-20-21-30(4,6-2)7-3/h11-12,14-19,28H,5-10,13,20-22H2,1-4H3/p+1. The van der Waals surface area contributed by atoms with Crippen LogP contribution in [0.25, 0.3) is 0 Å². The van der Waals surface area contributed by atoms with Crippen LogP contribution in [0.5, 0.6) is 5.75 Å². The molecule has 0 bridgehead atoms. The van der Waals surface area contributed by atoms with Crippen LogP contribution >= 0.6 is 0 Å². The van der Waals surface area contributed by atoms with Crippen LogP contribution in [0.3, 0.4) is 0 Å². The predicted molar refractivity (Wildman–Crippen MR) is 142 cm³/mol. The zero-order valence-electron chi connectivity index (χ0n) is 21.7. The zero-order chi connectivity index (χ0) is 25.7. The van der Waals surface area contributed by atoms with E-state index in [-0.39, 0.29) is 10.8 Å². The van der Waals surface area contributed by atoms with E-state index >= 15 is 0 Å². The van der Waals surface area contributed by atoms with Gasteiger partial charge in [-0.25, -0.2) is 13.1 Å². The molecule has 0 radical (unpaired) electrons. The fraction of sp³-hybridized carbons (Fsp3) is 0.519. The second kappa shape index (κ2) is 14.2. The number of para-hydroxylation sites is 1. The Balaban J connectivity index is 1.95. The van der Waals surface area contributed by atoms with E-state index in [1.807, 2.05) is 6.07 Å². The van der Waals surface area contributed by atoms with Gasteiger partial charge < -0.3 is 14.5 Å². The van der Waals surface area contributed by atoms with Crippen molar-refractivity contribution in [3.8, 4) is 5.75 Å². The summed E-state index contributed by atoms with van der Waals surface area (Å²) in [4.78, 5) is 13.0. The van der Waals surface area contributed by atoms with Gasteiger partial charge in [-0.1, -0.05) is 44.7 Å². The quantitative estimate of drug-likeness (QED) is 0.247. The molecule has 2 aromatic carbocycles. The third-order valence-electron chi connectivity index (χ3n) is 6.53. The third-order valence-corrected chi connectivity index (χ3v) is 8.01. The number of rotatable bonds is 16. The Bertz CT molecular complexity index is 1020. The van der Waals surface area contributed by atoms with E-state index in [9.17, 15) is 13.2 Å². The number of amides is 1. The molecule has 0 aliphatic rings. The van der Waals surface area contributed by atoms with Gasteiger partial charge in [0.2, 0.25) is 10.0 Å². The van der Waals surface area contributed by atoms with Gasteiger partial charge in [0, 0.05) is 5.69 Å². The van der Waals surface area contributed by atoms with Crippen molar-refractivity contribution in [2.75, 3.05) is 45.2 Å². The Kier molecular flexibility index (Phi) is 11.7. The SMILES string of the molecule is CCCCCCCOc1ccccc1C(=O)Nc1ccc(S(=O)(=O)NCC[N+](C)(CC)CC)cc1. The second-order valence-corrected chi connectivity index (χ2v) is 10.9. The first-order valence-corrected chi connectivity index (χ1v) is 14.2. The lowest BCUT2D eigenvalue weighted by Crippen LogP contribution is -2.48. The highest BCUT2D eigenvalue weighted by atomic mass is 32.2. The smallest absolute Gasteiger partial charge is 0.259 e. The van der Waals surface area contributed by atoms with Gasteiger partial charge in [-0.3, -0.25) is 4.79 Å². The Morgan fingerprint density at radius 3 is 2.23 bits per heavy atom. The van der Waals surface area contributed by atoms with Crippen LogP contribution in [0.4, 0.5) is 5.69 Å². The molecular weight excluding hydrogens is 462 g/mol. The van der Waals surface area contributed by atoms with Crippen LogP contribution in [0.15, 0.2) is 53.4 Å². The second-order valence-electron chi connectivity index (χ2n) is 9.11. The van der Waals surface area contributed by atoms with E-state index in [4.69, 9.17) is 4.74 Å². The number of quaternary nitrogens is 1. The van der Waals surface area contributed by atoms with Crippen molar-refractivity contribution < 1.29 is 22.4 Å². The average Bonchev–Trinajstić information content (AvgIpc) is 2.86. The van der Waals surface area contributed by atoms with Crippen molar-refractivity contribution in [1.29, 1.82) is 0 Å². The highest BCUT2D eigenvalue weighted by Crippen LogP contribution is 2.21. The topological polar surface area (TPSA) is 84.5 Å². The summed E-state index contributed by atoms with van der Waals surface area (Å²) >= 11 is 0. The molecule has 2 rings (SSSR count). The van der Waals surface area contributed by atoms with E-state index < -0.39 is 10.0 Å². The fourth-order valence-electron chi connectivity index (χ4n) is 3.66. The Labute approximate surface area is 211 Å². The zero-order valence-corrected chi connectivity index (χ0v) is 22.5. The summed E-state index contributed by atoms with van der Waals surface area (Å²) in [5.74, 6) is 0.255.